The Morgan fingerprint density at radius 3 is 2.74 bits per heavy atom. The zero-order valence-electron chi connectivity index (χ0n) is 11.4. The molecule has 0 aromatic carbocycles. The lowest BCUT2D eigenvalue weighted by molar-refractivity contribution is -0.137. The van der Waals surface area contributed by atoms with E-state index in [1.807, 2.05) is 11.7 Å². The molecule has 2 rings (SSSR count). The van der Waals surface area contributed by atoms with Crippen LogP contribution in [0.3, 0.4) is 0 Å². The minimum atomic E-state index is -0.732. The minimum absolute atomic E-state index is 0.201. The van der Waals surface area contributed by atoms with E-state index in [2.05, 4.69) is 32.9 Å². The summed E-state index contributed by atoms with van der Waals surface area (Å²) in [5.41, 5.74) is 2.20. The van der Waals surface area contributed by atoms with Crippen LogP contribution in [0.15, 0.2) is 4.47 Å². The lowest BCUT2D eigenvalue weighted by Gasteiger charge is -2.21. The van der Waals surface area contributed by atoms with E-state index in [1.54, 1.807) is 0 Å². The molecule has 0 unspecified atom stereocenters. The molecule has 1 heterocycles. The van der Waals surface area contributed by atoms with E-state index in [0.717, 1.165) is 28.8 Å². The number of aryl methyl sites for hydroxylation is 2. The van der Waals surface area contributed by atoms with E-state index in [1.165, 1.54) is 12.8 Å². The predicted octanol–water partition coefficient (Wildman–Crippen LogP) is 2.18. The van der Waals surface area contributed by atoms with Gasteiger partial charge >= 0.3 is 5.97 Å². The molecule has 0 atom stereocenters. The summed E-state index contributed by atoms with van der Waals surface area (Å²) in [5.74, 6) is -0.732. The van der Waals surface area contributed by atoms with E-state index in [9.17, 15) is 4.79 Å². The summed E-state index contributed by atoms with van der Waals surface area (Å²) < 4.78 is 2.97. The number of halogens is 1. The Morgan fingerprint density at radius 1 is 1.58 bits per heavy atom. The smallest absolute Gasteiger partial charge is 0.304 e. The fraction of sp³-hybridized carbons (Fsp3) is 0.692. The van der Waals surface area contributed by atoms with Gasteiger partial charge in [-0.3, -0.25) is 14.4 Å². The number of aliphatic carboxylic acids is 1. The van der Waals surface area contributed by atoms with Gasteiger partial charge in [0, 0.05) is 26.2 Å². The summed E-state index contributed by atoms with van der Waals surface area (Å²) in [5, 5.41) is 13.3. The summed E-state index contributed by atoms with van der Waals surface area (Å²) in [6, 6.07) is 0.547. The second kappa shape index (κ2) is 6.05. The van der Waals surface area contributed by atoms with Crippen molar-refractivity contribution in [3.05, 3.63) is 15.9 Å². The molecule has 1 aromatic rings. The molecule has 1 aromatic heterocycles. The van der Waals surface area contributed by atoms with Gasteiger partial charge in [0.05, 0.1) is 22.3 Å². The Labute approximate surface area is 121 Å². The highest BCUT2D eigenvalue weighted by Crippen LogP contribution is 2.30. The molecule has 0 amide bonds. The maximum atomic E-state index is 10.7. The Balaban J connectivity index is 2.08. The first kappa shape index (κ1) is 14.5. The number of hydrogen-bond acceptors (Lipinski definition) is 3. The van der Waals surface area contributed by atoms with Gasteiger partial charge in [0.15, 0.2) is 0 Å². The molecule has 0 aliphatic heterocycles. The molecule has 106 valence electrons. The van der Waals surface area contributed by atoms with Crippen LogP contribution < -0.4 is 0 Å². The van der Waals surface area contributed by atoms with E-state index >= 15 is 0 Å². The van der Waals surface area contributed by atoms with Crippen LogP contribution in [0.2, 0.25) is 0 Å². The third kappa shape index (κ3) is 3.57. The maximum Gasteiger partial charge on any atom is 0.304 e. The average Bonchev–Trinajstić information content (AvgIpc) is 3.15. The van der Waals surface area contributed by atoms with Gasteiger partial charge in [-0.1, -0.05) is 6.92 Å². The highest BCUT2D eigenvalue weighted by molar-refractivity contribution is 9.10. The Morgan fingerprint density at radius 2 is 2.26 bits per heavy atom. The summed E-state index contributed by atoms with van der Waals surface area (Å²) >= 11 is 3.61. The van der Waals surface area contributed by atoms with Gasteiger partial charge in [-0.15, -0.1) is 0 Å². The van der Waals surface area contributed by atoms with Crippen molar-refractivity contribution < 1.29 is 9.90 Å². The molecule has 0 radical (unpaired) electrons. The van der Waals surface area contributed by atoms with Crippen molar-refractivity contribution >= 4 is 21.9 Å². The molecule has 0 spiro atoms. The topological polar surface area (TPSA) is 58.4 Å². The monoisotopic (exact) mass is 329 g/mol. The van der Waals surface area contributed by atoms with Crippen molar-refractivity contribution in [2.45, 2.75) is 45.2 Å². The second-order valence-electron chi connectivity index (χ2n) is 5.03. The standard InChI is InChI=1S/C13H20BrN3O2/c1-3-10-13(14)11(16(2)15-10)8-17(9-4-5-9)7-6-12(18)19/h9H,3-8H2,1-2H3,(H,18,19). The summed E-state index contributed by atoms with van der Waals surface area (Å²) in [6.07, 6.45) is 3.45. The van der Waals surface area contributed by atoms with E-state index in [4.69, 9.17) is 5.11 Å². The molecular formula is C13H20BrN3O2. The van der Waals surface area contributed by atoms with Gasteiger partial charge < -0.3 is 5.11 Å². The lowest BCUT2D eigenvalue weighted by Crippen LogP contribution is -2.29. The second-order valence-corrected chi connectivity index (χ2v) is 5.82. The SMILES string of the molecule is CCc1nn(C)c(CN(CCC(=O)O)C2CC2)c1Br. The van der Waals surface area contributed by atoms with Crippen molar-refractivity contribution in [3.63, 3.8) is 0 Å². The molecule has 5 nitrogen and oxygen atoms in total. The van der Waals surface area contributed by atoms with Crippen LogP contribution in [-0.4, -0.2) is 38.3 Å². The van der Waals surface area contributed by atoms with E-state index in [0.29, 0.717) is 12.6 Å². The van der Waals surface area contributed by atoms with E-state index in [-0.39, 0.29) is 6.42 Å². The van der Waals surface area contributed by atoms with Gasteiger partial charge in [0.2, 0.25) is 0 Å². The minimum Gasteiger partial charge on any atom is -0.481 e. The molecule has 1 N–H and O–H groups in total. The predicted molar refractivity (Wildman–Crippen MR) is 76.0 cm³/mol. The number of rotatable bonds is 7. The van der Waals surface area contributed by atoms with Gasteiger partial charge in [-0.05, 0) is 35.2 Å². The summed E-state index contributed by atoms with van der Waals surface area (Å²) in [7, 11) is 1.95. The molecule has 1 aliphatic rings. The quantitative estimate of drug-likeness (QED) is 0.833. The number of aromatic nitrogens is 2. The molecule has 0 bridgehead atoms. The third-order valence-electron chi connectivity index (χ3n) is 3.53. The molecule has 1 saturated carbocycles. The molecule has 6 heteroatoms. The number of nitrogens with zero attached hydrogens (tertiary/aromatic N) is 3. The first-order valence-corrected chi connectivity index (χ1v) is 7.48. The molecule has 0 saturated heterocycles. The highest BCUT2D eigenvalue weighted by Gasteiger charge is 2.30. The largest absolute Gasteiger partial charge is 0.481 e. The van der Waals surface area contributed by atoms with Crippen molar-refractivity contribution in [3.8, 4) is 0 Å². The fourth-order valence-corrected chi connectivity index (χ4v) is 3.00. The highest BCUT2D eigenvalue weighted by atomic mass is 79.9. The summed E-state index contributed by atoms with van der Waals surface area (Å²) in [4.78, 5) is 13.0. The maximum absolute atomic E-state index is 10.7. The van der Waals surface area contributed by atoms with E-state index < -0.39 is 5.97 Å². The van der Waals surface area contributed by atoms with Gasteiger partial charge in [-0.2, -0.15) is 5.10 Å². The third-order valence-corrected chi connectivity index (χ3v) is 4.45. The zero-order valence-corrected chi connectivity index (χ0v) is 13.0. The normalized spacial score (nSPS) is 15.2. The van der Waals surface area contributed by atoms with Crippen molar-refractivity contribution in [2.24, 2.45) is 7.05 Å². The molecule has 19 heavy (non-hydrogen) atoms. The van der Waals surface area contributed by atoms with Gasteiger partial charge in [0.1, 0.15) is 0 Å². The van der Waals surface area contributed by atoms with Gasteiger partial charge in [0.25, 0.3) is 0 Å². The Hall–Kier alpha value is -0.880. The van der Waals surface area contributed by atoms with Crippen LogP contribution in [0.4, 0.5) is 0 Å². The van der Waals surface area contributed by atoms with Crippen molar-refractivity contribution in [1.29, 1.82) is 0 Å². The van der Waals surface area contributed by atoms with Crippen LogP contribution >= 0.6 is 15.9 Å². The summed E-state index contributed by atoms with van der Waals surface area (Å²) in [6.45, 7) is 3.46. The van der Waals surface area contributed by atoms with Crippen molar-refractivity contribution in [1.82, 2.24) is 14.7 Å². The number of carboxylic acids is 1. The van der Waals surface area contributed by atoms with Gasteiger partial charge in [-0.25, -0.2) is 0 Å². The van der Waals surface area contributed by atoms with Crippen molar-refractivity contribution in [2.75, 3.05) is 6.54 Å². The Bertz CT molecular complexity index is 469. The van der Waals surface area contributed by atoms with Crippen LogP contribution in [0, 0.1) is 0 Å². The number of carbonyl (C=O) groups is 1. The zero-order chi connectivity index (χ0) is 14.0. The fourth-order valence-electron chi connectivity index (χ4n) is 2.25. The van der Waals surface area contributed by atoms with Crippen LogP contribution in [0.5, 0.6) is 0 Å². The number of hydrogen-bond donors (Lipinski definition) is 1. The van der Waals surface area contributed by atoms with Crippen LogP contribution in [-0.2, 0) is 24.8 Å². The molecule has 1 aliphatic carbocycles. The van der Waals surface area contributed by atoms with Crippen LogP contribution in [0.25, 0.3) is 0 Å². The first-order valence-electron chi connectivity index (χ1n) is 6.69. The first-order chi connectivity index (χ1) is 9.02. The Kier molecular flexibility index (Phi) is 4.62. The molecule has 1 fully saturated rings. The lowest BCUT2D eigenvalue weighted by atomic mass is 10.2. The number of carboxylic acid groups (broad SMARTS) is 1. The molecular weight excluding hydrogens is 310 g/mol. The van der Waals surface area contributed by atoms with Crippen LogP contribution in [0.1, 0.15) is 37.6 Å². The average molecular weight is 330 g/mol.